The first-order valence-corrected chi connectivity index (χ1v) is 8.08. The molecule has 0 fully saturated rings. The third-order valence-corrected chi connectivity index (χ3v) is 3.98. The summed E-state index contributed by atoms with van der Waals surface area (Å²) < 4.78 is 2.00. The largest absolute Gasteiger partial charge is 0.370 e. The number of aromatic nitrogens is 2. The third kappa shape index (κ3) is 4.56. The van der Waals surface area contributed by atoms with Gasteiger partial charge in [-0.2, -0.15) is 5.10 Å². The Kier molecular flexibility index (Phi) is 5.26. The Balaban J connectivity index is 1.28. The minimum atomic E-state index is 0.0681. The van der Waals surface area contributed by atoms with E-state index in [0.717, 1.165) is 37.6 Å². The van der Waals surface area contributed by atoms with Crippen molar-refractivity contribution in [1.29, 1.82) is 0 Å². The molecule has 2 aromatic rings. The Morgan fingerprint density at radius 3 is 3.00 bits per heavy atom. The number of amides is 1. The fourth-order valence-corrected chi connectivity index (χ4v) is 2.76. The second-order valence-electron chi connectivity index (χ2n) is 5.86. The molecule has 0 unspecified atom stereocenters. The molecule has 1 aromatic heterocycles. The smallest absolute Gasteiger partial charge is 0.224 e. The Morgan fingerprint density at radius 2 is 2.13 bits per heavy atom. The summed E-state index contributed by atoms with van der Waals surface area (Å²) in [6.45, 7) is 4.24. The van der Waals surface area contributed by atoms with Gasteiger partial charge in [-0.1, -0.05) is 30.3 Å². The van der Waals surface area contributed by atoms with Crippen LogP contribution in [0.15, 0.2) is 42.6 Å². The van der Waals surface area contributed by atoms with Crippen LogP contribution in [-0.4, -0.2) is 41.9 Å². The van der Waals surface area contributed by atoms with Crippen molar-refractivity contribution in [2.75, 3.05) is 31.5 Å². The van der Waals surface area contributed by atoms with Gasteiger partial charge in [-0.3, -0.25) is 4.79 Å². The Labute approximate surface area is 136 Å². The monoisotopic (exact) mass is 313 g/mol. The van der Waals surface area contributed by atoms with Crippen LogP contribution in [0.3, 0.4) is 0 Å². The van der Waals surface area contributed by atoms with E-state index in [1.807, 2.05) is 47.3 Å². The molecule has 1 amide bonds. The Bertz CT molecular complexity index is 625. The number of rotatable bonds is 7. The molecule has 1 aliphatic heterocycles. The summed E-state index contributed by atoms with van der Waals surface area (Å²) in [5.41, 5.74) is 1.04. The van der Waals surface area contributed by atoms with Crippen LogP contribution >= 0.6 is 0 Å². The van der Waals surface area contributed by atoms with E-state index in [-0.39, 0.29) is 5.91 Å². The molecule has 3 rings (SSSR count). The van der Waals surface area contributed by atoms with E-state index >= 15 is 0 Å². The van der Waals surface area contributed by atoms with Gasteiger partial charge in [0.05, 0.1) is 12.6 Å². The van der Waals surface area contributed by atoms with Crippen LogP contribution in [0.4, 0.5) is 5.82 Å². The van der Waals surface area contributed by atoms with Crippen molar-refractivity contribution in [3.63, 3.8) is 0 Å². The van der Waals surface area contributed by atoms with Gasteiger partial charge in [0.25, 0.3) is 0 Å². The minimum absolute atomic E-state index is 0.0681. The maximum Gasteiger partial charge on any atom is 0.224 e. The number of nitrogens with zero attached hydrogens (tertiary/aromatic N) is 2. The number of carbonyl (C=O) groups excluding carboxylic acids is 1. The van der Waals surface area contributed by atoms with Crippen LogP contribution in [0.25, 0.3) is 0 Å². The van der Waals surface area contributed by atoms with Crippen LogP contribution < -0.4 is 16.0 Å². The van der Waals surface area contributed by atoms with Gasteiger partial charge in [-0.25, -0.2) is 4.68 Å². The highest BCUT2D eigenvalue weighted by atomic mass is 16.1. The molecule has 1 aromatic carbocycles. The SMILES string of the molecule is O=C(Cc1ccccc1)NCCNC[C@H]1CNc2ccnn2C1. The number of anilines is 1. The average Bonchev–Trinajstić information content (AvgIpc) is 3.03. The summed E-state index contributed by atoms with van der Waals surface area (Å²) in [5.74, 6) is 1.68. The first-order chi connectivity index (χ1) is 11.3. The molecule has 2 heterocycles. The van der Waals surface area contributed by atoms with Crippen molar-refractivity contribution in [2.45, 2.75) is 13.0 Å². The standard InChI is InChI=1S/C17H23N5O/c23-17(10-14-4-2-1-3-5-14)19-9-8-18-11-15-12-20-16-6-7-21-22(16)13-15/h1-7,15,18,20H,8-13H2,(H,19,23)/t15-/m0/s1. The molecule has 23 heavy (non-hydrogen) atoms. The molecule has 0 aliphatic carbocycles. The summed E-state index contributed by atoms with van der Waals surface area (Å²) in [5, 5.41) is 14.0. The molecule has 0 saturated carbocycles. The lowest BCUT2D eigenvalue weighted by Gasteiger charge is -2.25. The summed E-state index contributed by atoms with van der Waals surface area (Å²) in [6.07, 6.45) is 2.26. The van der Waals surface area contributed by atoms with Gasteiger partial charge >= 0.3 is 0 Å². The highest BCUT2D eigenvalue weighted by molar-refractivity contribution is 5.78. The molecule has 1 atom stereocenters. The summed E-state index contributed by atoms with van der Waals surface area (Å²) in [4.78, 5) is 11.8. The van der Waals surface area contributed by atoms with E-state index in [0.29, 0.717) is 18.9 Å². The van der Waals surface area contributed by atoms with Gasteiger partial charge < -0.3 is 16.0 Å². The van der Waals surface area contributed by atoms with Gasteiger partial charge in [-0.05, 0) is 5.56 Å². The zero-order valence-corrected chi connectivity index (χ0v) is 13.2. The van der Waals surface area contributed by atoms with Crippen molar-refractivity contribution in [3.8, 4) is 0 Å². The molecule has 0 bridgehead atoms. The number of nitrogens with one attached hydrogen (secondary N) is 3. The van der Waals surface area contributed by atoms with E-state index in [1.54, 1.807) is 0 Å². The van der Waals surface area contributed by atoms with Crippen LogP contribution in [0.5, 0.6) is 0 Å². The van der Waals surface area contributed by atoms with Gasteiger partial charge in [0.2, 0.25) is 5.91 Å². The van der Waals surface area contributed by atoms with Crippen molar-refractivity contribution in [1.82, 2.24) is 20.4 Å². The number of hydrogen-bond donors (Lipinski definition) is 3. The lowest BCUT2D eigenvalue weighted by Crippen LogP contribution is -2.38. The lowest BCUT2D eigenvalue weighted by molar-refractivity contribution is -0.120. The van der Waals surface area contributed by atoms with Crippen LogP contribution in [0.1, 0.15) is 5.56 Å². The zero-order chi connectivity index (χ0) is 15.9. The molecular weight excluding hydrogens is 290 g/mol. The minimum Gasteiger partial charge on any atom is -0.370 e. The molecule has 3 N–H and O–H groups in total. The Morgan fingerprint density at radius 1 is 1.26 bits per heavy atom. The van der Waals surface area contributed by atoms with Crippen molar-refractivity contribution in [3.05, 3.63) is 48.2 Å². The highest BCUT2D eigenvalue weighted by Crippen LogP contribution is 2.15. The topological polar surface area (TPSA) is 71.0 Å². The van der Waals surface area contributed by atoms with E-state index in [9.17, 15) is 4.79 Å². The first-order valence-electron chi connectivity index (χ1n) is 8.08. The molecular formula is C17H23N5O. The van der Waals surface area contributed by atoms with Gasteiger partial charge in [-0.15, -0.1) is 0 Å². The second kappa shape index (κ2) is 7.78. The number of benzene rings is 1. The molecule has 122 valence electrons. The van der Waals surface area contributed by atoms with E-state index in [4.69, 9.17) is 0 Å². The molecule has 0 spiro atoms. The van der Waals surface area contributed by atoms with Crippen molar-refractivity contribution >= 4 is 11.7 Å². The van der Waals surface area contributed by atoms with Gasteiger partial charge in [0, 0.05) is 44.7 Å². The third-order valence-electron chi connectivity index (χ3n) is 3.98. The normalized spacial score (nSPS) is 16.4. The maximum atomic E-state index is 11.8. The average molecular weight is 313 g/mol. The fourth-order valence-electron chi connectivity index (χ4n) is 2.76. The number of fused-ring (bicyclic) bond motifs is 1. The van der Waals surface area contributed by atoms with E-state index < -0.39 is 0 Å². The second-order valence-corrected chi connectivity index (χ2v) is 5.86. The van der Waals surface area contributed by atoms with E-state index in [1.165, 1.54) is 0 Å². The van der Waals surface area contributed by atoms with Gasteiger partial charge in [0.15, 0.2) is 0 Å². The summed E-state index contributed by atoms with van der Waals surface area (Å²) in [7, 11) is 0. The zero-order valence-electron chi connectivity index (χ0n) is 13.2. The van der Waals surface area contributed by atoms with Crippen molar-refractivity contribution in [2.24, 2.45) is 5.92 Å². The fraction of sp³-hybridized carbons (Fsp3) is 0.412. The molecule has 6 heteroatoms. The first kappa shape index (κ1) is 15.6. The maximum absolute atomic E-state index is 11.8. The molecule has 1 aliphatic rings. The van der Waals surface area contributed by atoms with Crippen LogP contribution in [0, 0.1) is 5.92 Å². The van der Waals surface area contributed by atoms with Gasteiger partial charge in [0.1, 0.15) is 5.82 Å². The summed E-state index contributed by atoms with van der Waals surface area (Å²) in [6, 6.07) is 11.8. The van der Waals surface area contributed by atoms with E-state index in [2.05, 4.69) is 21.0 Å². The molecule has 0 radical (unpaired) electrons. The quantitative estimate of drug-likeness (QED) is 0.664. The van der Waals surface area contributed by atoms with Crippen LogP contribution in [0.2, 0.25) is 0 Å². The Hall–Kier alpha value is -2.34. The number of carbonyl (C=O) groups is 1. The molecule has 0 saturated heterocycles. The predicted molar refractivity (Wildman–Crippen MR) is 90.2 cm³/mol. The lowest BCUT2D eigenvalue weighted by atomic mass is 10.1. The predicted octanol–water partition coefficient (Wildman–Crippen LogP) is 0.873. The van der Waals surface area contributed by atoms with Crippen LogP contribution in [-0.2, 0) is 17.8 Å². The van der Waals surface area contributed by atoms with Crippen molar-refractivity contribution < 1.29 is 4.79 Å². The molecule has 6 nitrogen and oxygen atoms in total. The number of hydrogen-bond acceptors (Lipinski definition) is 4. The highest BCUT2D eigenvalue weighted by Gasteiger charge is 2.17. The summed E-state index contributed by atoms with van der Waals surface area (Å²) >= 11 is 0.